The Morgan fingerprint density at radius 1 is 1.11 bits per heavy atom. The number of hydrogen-bond donors (Lipinski definition) is 1. The normalized spacial score (nSPS) is 10.9. The van der Waals surface area contributed by atoms with Crippen LogP contribution in [0, 0.1) is 0 Å². The average Bonchev–Trinajstić information content (AvgIpc) is 2.83. The van der Waals surface area contributed by atoms with Crippen LogP contribution in [0.25, 0.3) is 17.0 Å². The SMILES string of the molecule is NCCc1ccn2nc(-c3ccccc3)nc2c1. The Kier molecular flexibility index (Phi) is 2.78. The number of nitrogens with two attached hydrogens (primary N) is 1. The van der Waals surface area contributed by atoms with Crippen molar-refractivity contribution in [1.82, 2.24) is 14.6 Å². The van der Waals surface area contributed by atoms with Crippen LogP contribution in [0.2, 0.25) is 0 Å². The first-order valence-electron chi connectivity index (χ1n) is 5.97. The zero-order valence-electron chi connectivity index (χ0n) is 9.95. The first-order valence-corrected chi connectivity index (χ1v) is 5.97. The molecule has 2 N–H and O–H groups in total. The van der Waals surface area contributed by atoms with Crippen molar-refractivity contribution in [3.63, 3.8) is 0 Å². The lowest BCUT2D eigenvalue weighted by molar-refractivity contribution is 0.932. The van der Waals surface area contributed by atoms with Crippen molar-refractivity contribution < 1.29 is 0 Å². The highest BCUT2D eigenvalue weighted by molar-refractivity contribution is 5.58. The molecule has 2 aromatic heterocycles. The van der Waals surface area contributed by atoms with Gasteiger partial charge in [-0.15, -0.1) is 5.10 Å². The fourth-order valence-electron chi connectivity index (χ4n) is 1.96. The summed E-state index contributed by atoms with van der Waals surface area (Å²) in [5.74, 6) is 0.750. The summed E-state index contributed by atoms with van der Waals surface area (Å²) in [5.41, 5.74) is 8.64. The topological polar surface area (TPSA) is 56.2 Å². The first-order chi connectivity index (χ1) is 8.86. The summed E-state index contributed by atoms with van der Waals surface area (Å²) in [6, 6.07) is 14.0. The predicted octanol–water partition coefficient (Wildman–Crippen LogP) is 1.90. The molecule has 18 heavy (non-hydrogen) atoms. The number of rotatable bonds is 3. The fourth-order valence-corrected chi connectivity index (χ4v) is 1.96. The lowest BCUT2D eigenvalue weighted by Crippen LogP contribution is -2.03. The molecule has 0 unspecified atom stereocenters. The third kappa shape index (κ3) is 1.98. The van der Waals surface area contributed by atoms with E-state index >= 15 is 0 Å². The maximum Gasteiger partial charge on any atom is 0.182 e. The Morgan fingerprint density at radius 3 is 2.72 bits per heavy atom. The van der Waals surface area contributed by atoms with Gasteiger partial charge in [-0.3, -0.25) is 0 Å². The molecule has 4 heteroatoms. The molecule has 0 amide bonds. The van der Waals surface area contributed by atoms with E-state index in [0.29, 0.717) is 6.54 Å². The van der Waals surface area contributed by atoms with E-state index in [0.717, 1.165) is 23.5 Å². The molecule has 0 saturated heterocycles. The summed E-state index contributed by atoms with van der Waals surface area (Å²) in [7, 11) is 0. The molecule has 0 aliphatic rings. The van der Waals surface area contributed by atoms with Crippen LogP contribution < -0.4 is 5.73 Å². The summed E-state index contributed by atoms with van der Waals surface area (Å²) in [4.78, 5) is 4.54. The number of hydrogen-bond acceptors (Lipinski definition) is 3. The molecule has 0 spiro atoms. The summed E-state index contributed by atoms with van der Waals surface area (Å²) in [5, 5.41) is 4.46. The molecule has 4 nitrogen and oxygen atoms in total. The van der Waals surface area contributed by atoms with Gasteiger partial charge in [0.15, 0.2) is 11.5 Å². The minimum absolute atomic E-state index is 0.649. The van der Waals surface area contributed by atoms with E-state index in [1.165, 1.54) is 5.56 Å². The van der Waals surface area contributed by atoms with E-state index in [1.54, 1.807) is 4.52 Å². The maximum absolute atomic E-state index is 5.56. The minimum atomic E-state index is 0.649. The standard InChI is InChI=1S/C14H14N4/c15-8-6-11-7-9-18-13(10-11)16-14(17-18)12-4-2-1-3-5-12/h1-5,7,9-10H,6,8,15H2. The summed E-state index contributed by atoms with van der Waals surface area (Å²) < 4.78 is 1.79. The minimum Gasteiger partial charge on any atom is -0.330 e. The molecule has 0 radical (unpaired) electrons. The zero-order chi connectivity index (χ0) is 12.4. The monoisotopic (exact) mass is 238 g/mol. The van der Waals surface area contributed by atoms with Crippen molar-refractivity contribution in [2.75, 3.05) is 6.54 Å². The second-order valence-electron chi connectivity index (χ2n) is 4.18. The van der Waals surface area contributed by atoms with Gasteiger partial charge in [0.25, 0.3) is 0 Å². The van der Waals surface area contributed by atoms with Gasteiger partial charge in [-0.25, -0.2) is 9.50 Å². The van der Waals surface area contributed by atoms with Crippen molar-refractivity contribution in [3.8, 4) is 11.4 Å². The van der Waals surface area contributed by atoms with Crippen molar-refractivity contribution in [1.29, 1.82) is 0 Å². The van der Waals surface area contributed by atoms with E-state index in [2.05, 4.69) is 10.1 Å². The molecular formula is C14H14N4. The van der Waals surface area contributed by atoms with Crippen LogP contribution in [0.4, 0.5) is 0 Å². The lowest BCUT2D eigenvalue weighted by atomic mass is 10.2. The summed E-state index contributed by atoms with van der Waals surface area (Å²) in [6.45, 7) is 0.649. The summed E-state index contributed by atoms with van der Waals surface area (Å²) in [6.07, 6.45) is 2.80. The van der Waals surface area contributed by atoms with Crippen LogP contribution in [0.1, 0.15) is 5.56 Å². The molecule has 3 aromatic rings. The Bertz CT molecular complexity index is 658. The Hall–Kier alpha value is -2.20. The van der Waals surface area contributed by atoms with Crippen molar-refractivity contribution in [3.05, 3.63) is 54.2 Å². The lowest BCUT2D eigenvalue weighted by Gasteiger charge is -1.97. The van der Waals surface area contributed by atoms with Gasteiger partial charge >= 0.3 is 0 Å². The molecule has 0 fully saturated rings. The second-order valence-corrected chi connectivity index (χ2v) is 4.18. The number of aromatic nitrogens is 3. The third-order valence-corrected chi connectivity index (χ3v) is 2.87. The van der Waals surface area contributed by atoms with Crippen molar-refractivity contribution in [2.24, 2.45) is 5.73 Å². The Labute approximate surface area is 105 Å². The average molecular weight is 238 g/mol. The number of nitrogens with zero attached hydrogens (tertiary/aromatic N) is 3. The van der Waals surface area contributed by atoms with Gasteiger partial charge in [0.2, 0.25) is 0 Å². The maximum atomic E-state index is 5.56. The number of pyridine rings is 1. The smallest absolute Gasteiger partial charge is 0.182 e. The molecule has 0 saturated carbocycles. The van der Waals surface area contributed by atoms with Gasteiger partial charge in [-0.05, 0) is 30.7 Å². The molecule has 3 rings (SSSR count). The number of fused-ring (bicyclic) bond motifs is 1. The van der Waals surface area contributed by atoms with Crippen molar-refractivity contribution in [2.45, 2.75) is 6.42 Å². The molecule has 2 heterocycles. The number of benzene rings is 1. The highest BCUT2D eigenvalue weighted by Crippen LogP contribution is 2.16. The quantitative estimate of drug-likeness (QED) is 0.758. The van der Waals surface area contributed by atoms with Crippen LogP contribution >= 0.6 is 0 Å². The van der Waals surface area contributed by atoms with E-state index in [4.69, 9.17) is 5.73 Å². The molecular weight excluding hydrogens is 224 g/mol. The van der Waals surface area contributed by atoms with Crippen LogP contribution in [-0.4, -0.2) is 21.1 Å². The Morgan fingerprint density at radius 2 is 1.94 bits per heavy atom. The van der Waals surface area contributed by atoms with Gasteiger partial charge in [0, 0.05) is 11.8 Å². The van der Waals surface area contributed by atoms with Crippen LogP contribution in [0.15, 0.2) is 48.7 Å². The zero-order valence-corrected chi connectivity index (χ0v) is 9.95. The first kappa shape index (κ1) is 10.9. The molecule has 90 valence electrons. The van der Waals surface area contributed by atoms with Gasteiger partial charge in [0.05, 0.1) is 0 Å². The van der Waals surface area contributed by atoms with Crippen LogP contribution in [0.3, 0.4) is 0 Å². The molecule has 0 aliphatic carbocycles. The molecule has 0 aliphatic heterocycles. The van der Waals surface area contributed by atoms with Crippen LogP contribution in [-0.2, 0) is 6.42 Å². The van der Waals surface area contributed by atoms with Crippen LogP contribution in [0.5, 0.6) is 0 Å². The van der Waals surface area contributed by atoms with Gasteiger partial charge in [0.1, 0.15) is 0 Å². The molecule has 1 aromatic carbocycles. The van der Waals surface area contributed by atoms with Gasteiger partial charge in [-0.1, -0.05) is 30.3 Å². The molecule has 0 atom stereocenters. The molecule has 0 bridgehead atoms. The van der Waals surface area contributed by atoms with E-state index < -0.39 is 0 Å². The Balaban J connectivity index is 2.06. The van der Waals surface area contributed by atoms with E-state index in [9.17, 15) is 0 Å². The van der Waals surface area contributed by atoms with Gasteiger partial charge < -0.3 is 5.73 Å². The highest BCUT2D eigenvalue weighted by atomic mass is 15.3. The second kappa shape index (κ2) is 4.58. The van der Waals surface area contributed by atoms with E-state index in [-0.39, 0.29) is 0 Å². The third-order valence-electron chi connectivity index (χ3n) is 2.87. The van der Waals surface area contributed by atoms with E-state index in [1.807, 2.05) is 48.7 Å². The van der Waals surface area contributed by atoms with Gasteiger partial charge in [-0.2, -0.15) is 0 Å². The predicted molar refractivity (Wildman–Crippen MR) is 71.2 cm³/mol. The summed E-state index contributed by atoms with van der Waals surface area (Å²) >= 11 is 0. The van der Waals surface area contributed by atoms with Crippen molar-refractivity contribution >= 4 is 5.65 Å². The fraction of sp³-hybridized carbons (Fsp3) is 0.143. The highest BCUT2D eigenvalue weighted by Gasteiger charge is 2.05. The largest absolute Gasteiger partial charge is 0.330 e.